The van der Waals surface area contributed by atoms with Gasteiger partial charge < -0.3 is 20.1 Å². The number of carbonyl (C=O) groups is 2. The number of urea groups is 1. The van der Waals surface area contributed by atoms with Crippen LogP contribution in [-0.2, 0) is 27.9 Å². The summed E-state index contributed by atoms with van der Waals surface area (Å²) in [5, 5.41) is 13.9. The second kappa shape index (κ2) is 11.2. The van der Waals surface area contributed by atoms with Gasteiger partial charge >= 0.3 is 12.0 Å². The van der Waals surface area contributed by atoms with Crippen molar-refractivity contribution in [3.05, 3.63) is 89.9 Å². The first-order chi connectivity index (χ1) is 19.2. The lowest BCUT2D eigenvalue weighted by Crippen LogP contribution is -2.42. The van der Waals surface area contributed by atoms with Crippen LogP contribution in [-0.4, -0.2) is 39.9 Å². The Morgan fingerprint density at radius 1 is 1.00 bits per heavy atom. The van der Waals surface area contributed by atoms with Crippen molar-refractivity contribution in [2.75, 3.05) is 17.7 Å². The van der Waals surface area contributed by atoms with Crippen molar-refractivity contribution in [1.29, 1.82) is 0 Å². The van der Waals surface area contributed by atoms with Crippen LogP contribution in [0.3, 0.4) is 0 Å². The van der Waals surface area contributed by atoms with Crippen molar-refractivity contribution >= 4 is 23.5 Å². The third-order valence-electron chi connectivity index (χ3n) is 6.56. The van der Waals surface area contributed by atoms with Gasteiger partial charge in [0, 0.05) is 36.0 Å². The standard InChI is InChI=1S/C30H32N6O4/c1-30(2,3)26-16-27(34-29(38)33-21-7-5-8-23(15-21)40-24-9-6-12-31-18-24)36(35-26)22-11-10-19-17-32-25(28(37)39-4)14-20(19)13-22/h5-13,15-16,18,25,32H,14,17H2,1-4H3,(H2,33,34,38). The summed E-state index contributed by atoms with van der Waals surface area (Å²) in [6.45, 7) is 6.77. The van der Waals surface area contributed by atoms with Crippen LogP contribution < -0.4 is 20.7 Å². The number of aromatic nitrogens is 3. The second-order valence-corrected chi connectivity index (χ2v) is 10.6. The van der Waals surface area contributed by atoms with Gasteiger partial charge in [-0.05, 0) is 53.9 Å². The fourth-order valence-electron chi connectivity index (χ4n) is 4.43. The molecule has 5 rings (SSSR count). The molecule has 0 spiro atoms. The summed E-state index contributed by atoms with van der Waals surface area (Å²) in [6, 6.07) is 17.7. The summed E-state index contributed by atoms with van der Waals surface area (Å²) in [6.07, 6.45) is 3.79. The van der Waals surface area contributed by atoms with Gasteiger partial charge in [0.05, 0.1) is 24.7 Å². The Balaban J connectivity index is 1.37. The normalized spacial score (nSPS) is 14.7. The van der Waals surface area contributed by atoms with Crippen molar-refractivity contribution in [2.45, 2.75) is 45.2 Å². The number of fused-ring (bicyclic) bond motifs is 1. The van der Waals surface area contributed by atoms with Crippen molar-refractivity contribution < 1.29 is 19.1 Å². The molecule has 2 aromatic carbocycles. The SMILES string of the molecule is COC(=O)C1Cc2cc(-n3nc(C(C)(C)C)cc3NC(=O)Nc3cccc(Oc4cccnc4)c3)ccc2CN1. The molecule has 0 saturated heterocycles. The molecule has 0 aliphatic carbocycles. The van der Waals surface area contributed by atoms with Gasteiger partial charge in [-0.1, -0.05) is 32.9 Å². The maximum Gasteiger partial charge on any atom is 0.324 e. The van der Waals surface area contributed by atoms with Crippen molar-refractivity contribution in [1.82, 2.24) is 20.1 Å². The summed E-state index contributed by atoms with van der Waals surface area (Å²) < 4.78 is 12.5. The number of amides is 2. The second-order valence-electron chi connectivity index (χ2n) is 10.6. The van der Waals surface area contributed by atoms with E-state index in [0.29, 0.717) is 36.0 Å². The Morgan fingerprint density at radius 2 is 1.82 bits per heavy atom. The number of hydrogen-bond acceptors (Lipinski definition) is 7. The van der Waals surface area contributed by atoms with Crippen molar-refractivity contribution in [3.8, 4) is 17.2 Å². The fourth-order valence-corrected chi connectivity index (χ4v) is 4.43. The maximum atomic E-state index is 13.1. The zero-order chi connectivity index (χ0) is 28.3. The van der Waals surface area contributed by atoms with E-state index in [0.717, 1.165) is 22.5 Å². The van der Waals surface area contributed by atoms with Crippen LogP contribution in [0.5, 0.6) is 11.5 Å². The number of carbonyl (C=O) groups excluding carboxylic acids is 2. The molecule has 10 heteroatoms. The number of esters is 1. The van der Waals surface area contributed by atoms with Crippen LogP contribution in [0.2, 0.25) is 0 Å². The molecule has 4 aromatic rings. The van der Waals surface area contributed by atoms with E-state index in [1.165, 1.54) is 7.11 Å². The number of nitrogens with one attached hydrogen (secondary N) is 3. The zero-order valence-electron chi connectivity index (χ0n) is 22.9. The predicted octanol–water partition coefficient (Wildman–Crippen LogP) is 5.19. The highest BCUT2D eigenvalue weighted by molar-refractivity contribution is 5.99. The molecule has 1 unspecified atom stereocenters. The van der Waals surface area contributed by atoms with Crippen molar-refractivity contribution in [2.24, 2.45) is 0 Å². The van der Waals surface area contributed by atoms with Crippen LogP contribution >= 0.6 is 0 Å². The van der Waals surface area contributed by atoms with Gasteiger partial charge in [-0.2, -0.15) is 5.10 Å². The molecule has 1 aliphatic rings. The molecule has 3 heterocycles. The van der Waals surface area contributed by atoms with Crippen molar-refractivity contribution in [3.63, 3.8) is 0 Å². The van der Waals surface area contributed by atoms with Gasteiger partial charge in [-0.3, -0.25) is 15.1 Å². The van der Waals surface area contributed by atoms with E-state index in [2.05, 4.69) is 41.7 Å². The monoisotopic (exact) mass is 540 g/mol. The average molecular weight is 541 g/mol. The molecule has 3 N–H and O–H groups in total. The maximum absolute atomic E-state index is 13.1. The summed E-state index contributed by atoms with van der Waals surface area (Å²) in [5.74, 6) is 1.39. The molecule has 206 valence electrons. The van der Waals surface area contributed by atoms with Crippen LogP contribution in [0.15, 0.2) is 73.1 Å². The van der Waals surface area contributed by atoms with E-state index in [1.807, 2.05) is 24.3 Å². The number of methoxy groups -OCH3 is 1. The minimum absolute atomic E-state index is 0.246. The predicted molar refractivity (Wildman–Crippen MR) is 152 cm³/mol. The highest BCUT2D eigenvalue weighted by Gasteiger charge is 2.26. The number of ether oxygens (including phenoxy) is 2. The minimum atomic E-state index is -0.423. The average Bonchev–Trinajstić information content (AvgIpc) is 3.37. The largest absolute Gasteiger partial charge is 0.468 e. The number of anilines is 2. The number of rotatable bonds is 6. The molecule has 1 atom stereocenters. The van der Waals surface area contributed by atoms with E-state index < -0.39 is 12.1 Å². The van der Waals surface area contributed by atoms with Gasteiger partial charge in [-0.25, -0.2) is 9.48 Å². The molecule has 40 heavy (non-hydrogen) atoms. The van der Waals surface area contributed by atoms with Crippen LogP contribution in [0.1, 0.15) is 37.6 Å². The van der Waals surface area contributed by atoms with Gasteiger partial charge in [0.1, 0.15) is 23.4 Å². The summed E-state index contributed by atoms with van der Waals surface area (Å²) in [5.41, 5.74) is 4.05. The first-order valence-corrected chi connectivity index (χ1v) is 13.0. The number of hydrogen-bond donors (Lipinski definition) is 3. The minimum Gasteiger partial charge on any atom is -0.468 e. The Hall–Kier alpha value is -4.70. The molecule has 0 saturated carbocycles. The van der Waals surface area contributed by atoms with Crippen LogP contribution in [0.4, 0.5) is 16.3 Å². The molecular weight excluding hydrogens is 508 g/mol. The first kappa shape index (κ1) is 26.9. The number of pyridine rings is 1. The zero-order valence-corrected chi connectivity index (χ0v) is 22.9. The van der Waals surface area contributed by atoms with Crippen LogP contribution in [0.25, 0.3) is 5.69 Å². The Morgan fingerprint density at radius 3 is 2.58 bits per heavy atom. The molecule has 0 bridgehead atoms. The smallest absolute Gasteiger partial charge is 0.324 e. The summed E-state index contributed by atoms with van der Waals surface area (Å²) >= 11 is 0. The third kappa shape index (κ3) is 6.13. The van der Waals surface area contributed by atoms with E-state index in [1.54, 1.807) is 53.5 Å². The van der Waals surface area contributed by atoms with E-state index in [-0.39, 0.29) is 11.4 Å². The quantitative estimate of drug-likeness (QED) is 0.288. The third-order valence-corrected chi connectivity index (χ3v) is 6.56. The Bertz CT molecular complexity index is 1530. The van der Waals surface area contributed by atoms with E-state index in [4.69, 9.17) is 14.6 Å². The molecule has 2 amide bonds. The highest BCUT2D eigenvalue weighted by atomic mass is 16.5. The molecule has 2 aromatic heterocycles. The summed E-state index contributed by atoms with van der Waals surface area (Å²) in [4.78, 5) is 29.3. The first-order valence-electron chi connectivity index (χ1n) is 13.0. The topological polar surface area (TPSA) is 119 Å². The summed E-state index contributed by atoms with van der Waals surface area (Å²) in [7, 11) is 1.39. The molecule has 0 radical (unpaired) electrons. The molecule has 10 nitrogen and oxygen atoms in total. The van der Waals surface area contributed by atoms with Crippen LogP contribution in [0, 0.1) is 0 Å². The fraction of sp³-hybridized carbons (Fsp3) is 0.267. The highest BCUT2D eigenvalue weighted by Crippen LogP contribution is 2.29. The van der Waals surface area contributed by atoms with E-state index >= 15 is 0 Å². The molecule has 1 aliphatic heterocycles. The number of nitrogens with zero attached hydrogens (tertiary/aromatic N) is 3. The molecule has 0 fully saturated rings. The van der Waals surface area contributed by atoms with Gasteiger partial charge in [-0.15, -0.1) is 0 Å². The van der Waals surface area contributed by atoms with E-state index in [9.17, 15) is 9.59 Å². The lowest BCUT2D eigenvalue weighted by molar-refractivity contribution is -0.143. The van der Waals surface area contributed by atoms with Gasteiger partial charge in [0.15, 0.2) is 0 Å². The molecular formula is C30H32N6O4. The lowest BCUT2D eigenvalue weighted by atomic mass is 9.92. The lowest BCUT2D eigenvalue weighted by Gasteiger charge is -2.25. The van der Waals surface area contributed by atoms with Gasteiger partial charge in [0.25, 0.3) is 0 Å². The Labute approximate surface area is 232 Å². The number of benzene rings is 2. The van der Waals surface area contributed by atoms with Gasteiger partial charge in [0.2, 0.25) is 0 Å². The Kier molecular flexibility index (Phi) is 7.52.